The number of amides is 1. The molecule has 0 aromatic heterocycles. The molecule has 0 spiro atoms. The second kappa shape index (κ2) is 6.16. The second-order valence-corrected chi connectivity index (χ2v) is 3.30. The van der Waals surface area contributed by atoms with E-state index >= 15 is 0 Å². The molecule has 0 heterocycles. The molecule has 0 radical (unpaired) electrons. The molecule has 0 aliphatic carbocycles. The van der Waals surface area contributed by atoms with Crippen molar-refractivity contribution in [3.8, 4) is 0 Å². The number of hydrogen-bond acceptors (Lipinski definition) is 3. The van der Waals surface area contributed by atoms with Crippen LogP contribution in [0.15, 0.2) is 24.3 Å². The highest BCUT2D eigenvalue weighted by molar-refractivity contribution is 5.90. The van der Waals surface area contributed by atoms with Crippen molar-refractivity contribution < 1.29 is 9.90 Å². The van der Waals surface area contributed by atoms with Crippen molar-refractivity contribution >= 4 is 11.6 Å². The molecule has 0 saturated carbocycles. The predicted octanol–water partition coefficient (Wildman–Crippen LogP) is 0.856. The van der Waals surface area contributed by atoms with Crippen LogP contribution in [0.3, 0.4) is 0 Å². The lowest BCUT2D eigenvalue weighted by Gasteiger charge is -2.05. The van der Waals surface area contributed by atoms with Gasteiger partial charge in [-0.15, -0.1) is 0 Å². The summed E-state index contributed by atoms with van der Waals surface area (Å²) in [4.78, 5) is 11.3. The fraction of sp³-hybridized carbons (Fsp3) is 0.364. The Balaban J connectivity index is 2.52. The van der Waals surface area contributed by atoms with E-state index < -0.39 is 0 Å². The Morgan fingerprint density at radius 1 is 1.47 bits per heavy atom. The molecule has 1 rings (SSSR count). The molecule has 1 aromatic rings. The van der Waals surface area contributed by atoms with Gasteiger partial charge in [0, 0.05) is 12.1 Å². The van der Waals surface area contributed by atoms with Crippen LogP contribution in [-0.4, -0.2) is 17.6 Å². The van der Waals surface area contributed by atoms with Gasteiger partial charge in [0.2, 0.25) is 5.91 Å². The lowest BCUT2D eigenvalue weighted by atomic mass is 10.2. The molecule has 0 atom stereocenters. The lowest BCUT2D eigenvalue weighted by molar-refractivity contribution is -0.116. The number of benzene rings is 1. The quantitative estimate of drug-likeness (QED) is 0.671. The van der Waals surface area contributed by atoms with Crippen LogP contribution in [0, 0.1) is 0 Å². The van der Waals surface area contributed by atoms with E-state index in [1.807, 2.05) is 0 Å². The zero-order valence-electron chi connectivity index (χ0n) is 8.57. The number of carbonyl (C=O) groups is 1. The number of carbonyl (C=O) groups excluding carboxylic acids is 1. The van der Waals surface area contributed by atoms with Crippen LogP contribution in [-0.2, 0) is 11.4 Å². The number of nitrogens with two attached hydrogens (primary N) is 1. The Morgan fingerprint density at radius 2 is 2.27 bits per heavy atom. The molecule has 4 N–H and O–H groups in total. The number of nitrogens with one attached hydrogen (secondary N) is 1. The maximum absolute atomic E-state index is 11.3. The van der Waals surface area contributed by atoms with Crippen molar-refractivity contribution in [2.75, 3.05) is 11.9 Å². The van der Waals surface area contributed by atoms with Crippen LogP contribution in [0.5, 0.6) is 0 Å². The summed E-state index contributed by atoms with van der Waals surface area (Å²) >= 11 is 0. The molecule has 0 aliphatic heterocycles. The smallest absolute Gasteiger partial charge is 0.224 e. The van der Waals surface area contributed by atoms with Crippen LogP contribution >= 0.6 is 0 Å². The number of hydrogen-bond donors (Lipinski definition) is 3. The Bertz CT molecular complexity index is 326. The molecule has 82 valence electrons. The van der Waals surface area contributed by atoms with E-state index in [0.29, 0.717) is 25.1 Å². The molecule has 1 aromatic carbocycles. The van der Waals surface area contributed by atoms with Crippen LogP contribution in [0.4, 0.5) is 5.69 Å². The van der Waals surface area contributed by atoms with E-state index in [-0.39, 0.29) is 12.5 Å². The standard InChI is InChI=1S/C11H16N2O2/c12-6-2-5-11(15)13-10-4-1-3-9(7-10)8-14/h1,3-4,7,14H,2,5-6,8,12H2,(H,13,15). The van der Waals surface area contributed by atoms with E-state index in [0.717, 1.165) is 5.56 Å². The van der Waals surface area contributed by atoms with Gasteiger partial charge in [0.05, 0.1) is 6.61 Å². The number of anilines is 1. The molecule has 0 unspecified atom stereocenters. The number of rotatable bonds is 5. The van der Waals surface area contributed by atoms with Crippen molar-refractivity contribution in [2.24, 2.45) is 5.73 Å². The van der Waals surface area contributed by atoms with E-state index in [4.69, 9.17) is 10.8 Å². The average Bonchev–Trinajstić information content (AvgIpc) is 2.26. The minimum Gasteiger partial charge on any atom is -0.392 e. The van der Waals surface area contributed by atoms with Gasteiger partial charge in [0.25, 0.3) is 0 Å². The topological polar surface area (TPSA) is 75.4 Å². The van der Waals surface area contributed by atoms with Gasteiger partial charge in [-0.05, 0) is 30.7 Å². The summed E-state index contributed by atoms with van der Waals surface area (Å²) in [5.74, 6) is -0.0458. The van der Waals surface area contributed by atoms with E-state index in [1.54, 1.807) is 24.3 Å². The SMILES string of the molecule is NCCCC(=O)Nc1cccc(CO)c1. The zero-order chi connectivity index (χ0) is 11.1. The van der Waals surface area contributed by atoms with Gasteiger partial charge in [0.1, 0.15) is 0 Å². The highest BCUT2D eigenvalue weighted by atomic mass is 16.3. The first-order chi connectivity index (χ1) is 7.26. The summed E-state index contributed by atoms with van der Waals surface area (Å²) < 4.78 is 0. The van der Waals surface area contributed by atoms with Crippen molar-refractivity contribution in [1.82, 2.24) is 0 Å². The third-order valence-corrected chi connectivity index (χ3v) is 2.00. The Labute approximate surface area is 89.1 Å². The minimum absolute atomic E-state index is 0.0213. The highest BCUT2D eigenvalue weighted by Gasteiger charge is 2.01. The van der Waals surface area contributed by atoms with Gasteiger partial charge in [0.15, 0.2) is 0 Å². The summed E-state index contributed by atoms with van der Waals surface area (Å²) in [6.07, 6.45) is 1.12. The fourth-order valence-corrected chi connectivity index (χ4v) is 1.23. The van der Waals surface area contributed by atoms with Crippen LogP contribution in [0.25, 0.3) is 0 Å². The number of aliphatic hydroxyl groups excluding tert-OH is 1. The van der Waals surface area contributed by atoms with Crippen LogP contribution in [0.1, 0.15) is 18.4 Å². The molecular formula is C11H16N2O2. The van der Waals surface area contributed by atoms with Crippen LogP contribution in [0.2, 0.25) is 0 Å². The van der Waals surface area contributed by atoms with Gasteiger partial charge in [-0.1, -0.05) is 12.1 Å². The summed E-state index contributed by atoms with van der Waals surface area (Å²) in [7, 11) is 0. The van der Waals surface area contributed by atoms with Gasteiger partial charge >= 0.3 is 0 Å². The van der Waals surface area contributed by atoms with Crippen molar-refractivity contribution in [2.45, 2.75) is 19.4 Å². The van der Waals surface area contributed by atoms with Gasteiger partial charge in [-0.3, -0.25) is 4.79 Å². The summed E-state index contributed by atoms with van der Waals surface area (Å²) in [6, 6.07) is 7.14. The molecule has 0 fully saturated rings. The first kappa shape index (κ1) is 11.7. The summed E-state index contributed by atoms with van der Waals surface area (Å²) in [5.41, 5.74) is 6.80. The van der Waals surface area contributed by atoms with E-state index in [1.165, 1.54) is 0 Å². The normalized spacial score (nSPS) is 10.0. The monoisotopic (exact) mass is 208 g/mol. The highest BCUT2D eigenvalue weighted by Crippen LogP contribution is 2.10. The van der Waals surface area contributed by atoms with E-state index in [2.05, 4.69) is 5.32 Å². The van der Waals surface area contributed by atoms with E-state index in [9.17, 15) is 4.79 Å². The Kier molecular flexibility index (Phi) is 4.80. The summed E-state index contributed by atoms with van der Waals surface area (Å²) in [6.45, 7) is 0.497. The van der Waals surface area contributed by atoms with Crippen LogP contribution < -0.4 is 11.1 Å². The fourth-order valence-electron chi connectivity index (χ4n) is 1.23. The first-order valence-electron chi connectivity index (χ1n) is 4.96. The van der Waals surface area contributed by atoms with Gasteiger partial charge in [-0.2, -0.15) is 0 Å². The second-order valence-electron chi connectivity index (χ2n) is 3.30. The molecule has 0 bridgehead atoms. The lowest BCUT2D eigenvalue weighted by Crippen LogP contribution is -2.13. The zero-order valence-corrected chi connectivity index (χ0v) is 8.57. The molecule has 1 amide bonds. The van der Waals surface area contributed by atoms with Crippen molar-refractivity contribution in [3.63, 3.8) is 0 Å². The first-order valence-corrected chi connectivity index (χ1v) is 4.96. The minimum atomic E-state index is -0.0458. The van der Waals surface area contributed by atoms with Gasteiger partial charge < -0.3 is 16.2 Å². The Hall–Kier alpha value is -1.39. The van der Waals surface area contributed by atoms with Crippen molar-refractivity contribution in [3.05, 3.63) is 29.8 Å². The molecule has 0 aliphatic rings. The Morgan fingerprint density at radius 3 is 2.93 bits per heavy atom. The predicted molar refractivity (Wildman–Crippen MR) is 59.3 cm³/mol. The number of aliphatic hydroxyl groups is 1. The van der Waals surface area contributed by atoms with Crippen molar-refractivity contribution in [1.29, 1.82) is 0 Å². The maximum atomic E-state index is 11.3. The largest absolute Gasteiger partial charge is 0.392 e. The maximum Gasteiger partial charge on any atom is 0.224 e. The average molecular weight is 208 g/mol. The molecule has 0 saturated heterocycles. The molecular weight excluding hydrogens is 192 g/mol. The third kappa shape index (κ3) is 4.10. The molecule has 15 heavy (non-hydrogen) atoms. The summed E-state index contributed by atoms with van der Waals surface area (Å²) in [5, 5.41) is 11.7. The molecule has 4 heteroatoms. The third-order valence-electron chi connectivity index (χ3n) is 2.00. The molecule has 4 nitrogen and oxygen atoms in total. The van der Waals surface area contributed by atoms with Gasteiger partial charge in [-0.25, -0.2) is 0 Å².